The Bertz CT molecular complexity index is 1000. The highest BCUT2D eigenvalue weighted by Gasteiger charge is 2.20. The van der Waals surface area contributed by atoms with Crippen molar-refractivity contribution in [1.82, 2.24) is 10.6 Å². The number of esters is 2. The monoisotopic (exact) mass is 504 g/mol. The molecular weight excluding hydrogens is 476 g/mol. The Kier molecular flexibility index (Phi) is 10.8. The second kappa shape index (κ2) is 14.0. The number of nitrogens with one attached hydrogen (secondary N) is 2. The van der Waals surface area contributed by atoms with Crippen LogP contribution in [0, 0.1) is 0 Å². The van der Waals surface area contributed by atoms with E-state index in [1.807, 2.05) is 0 Å². The first-order chi connectivity index (χ1) is 17.4. The average molecular weight is 504 g/mol. The maximum Gasteiger partial charge on any atom is 0.342 e. The molecule has 2 rings (SSSR count). The normalized spacial score (nSPS) is 10.0. The van der Waals surface area contributed by atoms with Gasteiger partial charge in [-0.2, -0.15) is 0 Å². The van der Waals surface area contributed by atoms with Gasteiger partial charge in [0.25, 0.3) is 11.8 Å². The van der Waals surface area contributed by atoms with Crippen molar-refractivity contribution in [1.29, 1.82) is 0 Å². The SMILES string of the molecule is COc1cccc(C(=O)OCC(=O)NCCNC(=O)COC(=O)c2cccc(OC)c2OC)c1OC. The molecule has 0 saturated carbocycles. The van der Waals surface area contributed by atoms with Crippen LogP contribution in [0.4, 0.5) is 0 Å². The molecule has 2 aromatic carbocycles. The lowest BCUT2D eigenvalue weighted by Gasteiger charge is -2.12. The fourth-order valence-electron chi connectivity index (χ4n) is 3.02. The van der Waals surface area contributed by atoms with Gasteiger partial charge in [0, 0.05) is 13.1 Å². The highest BCUT2D eigenvalue weighted by atomic mass is 16.5. The van der Waals surface area contributed by atoms with Crippen molar-refractivity contribution < 1.29 is 47.6 Å². The molecule has 0 spiro atoms. The van der Waals surface area contributed by atoms with Crippen molar-refractivity contribution in [3.63, 3.8) is 0 Å². The van der Waals surface area contributed by atoms with Gasteiger partial charge in [-0.15, -0.1) is 0 Å². The summed E-state index contributed by atoms with van der Waals surface area (Å²) >= 11 is 0. The van der Waals surface area contributed by atoms with E-state index >= 15 is 0 Å². The minimum Gasteiger partial charge on any atom is -0.493 e. The van der Waals surface area contributed by atoms with Gasteiger partial charge in [-0.25, -0.2) is 9.59 Å². The van der Waals surface area contributed by atoms with E-state index in [9.17, 15) is 19.2 Å². The Morgan fingerprint density at radius 1 is 0.611 bits per heavy atom. The zero-order chi connectivity index (χ0) is 26.5. The molecule has 194 valence electrons. The molecule has 0 aliphatic carbocycles. The third-order valence-electron chi connectivity index (χ3n) is 4.68. The third kappa shape index (κ3) is 7.52. The molecule has 12 nitrogen and oxygen atoms in total. The first kappa shape index (κ1) is 27.8. The maximum atomic E-state index is 12.3. The summed E-state index contributed by atoms with van der Waals surface area (Å²) in [7, 11) is 5.63. The van der Waals surface area contributed by atoms with Gasteiger partial charge >= 0.3 is 11.9 Å². The van der Waals surface area contributed by atoms with Gasteiger partial charge in [0.05, 0.1) is 28.4 Å². The molecule has 0 aliphatic rings. The maximum absolute atomic E-state index is 12.3. The zero-order valence-corrected chi connectivity index (χ0v) is 20.4. The van der Waals surface area contributed by atoms with E-state index in [-0.39, 0.29) is 35.7 Å². The second-order valence-electron chi connectivity index (χ2n) is 6.93. The van der Waals surface area contributed by atoms with Crippen LogP contribution in [0.3, 0.4) is 0 Å². The molecular formula is C24H28N2O10. The predicted molar refractivity (Wildman–Crippen MR) is 126 cm³/mol. The van der Waals surface area contributed by atoms with Crippen LogP contribution in [-0.2, 0) is 19.1 Å². The van der Waals surface area contributed by atoms with Gasteiger partial charge in [-0.1, -0.05) is 12.1 Å². The van der Waals surface area contributed by atoms with Crippen molar-refractivity contribution in [2.75, 3.05) is 54.7 Å². The number of ether oxygens (including phenoxy) is 6. The molecule has 0 bridgehead atoms. The fourth-order valence-corrected chi connectivity index (χ4v) is 3.02. The van der Waals surface area contributed by atoms with Gasteiger partial charge < -0.3 is 39.1 Å². The smallest absolute Gasteiger partial charge is 0.342 e. The lowest BCUT2D eigenvalue weighted by molar-refractivity contribution is -0.125. The van der Waals surface area contributed by atoms with Crippen LogP contribution < -0.4 is 29.6 Å². The summed E-state index contributed by atoms with van der Waals surface area (Å²) in [6, 6.07) is 9.37. The summed E-state index contributed by atoms with van der Waals surface area (Å²) < 4.78 is 30.6. The molecule has 0 fully saturated rings. The Morgan fingerprint density at radius 2 is 1.00 bits per heavy atom. The Morgan fingerprint density at radius 3 is 1.33 bits per heavy atom. The summed E-state index contributed by atoms with van der Waals surface area (Å²) in [6.07, 6.45) is 0. The molecule has 0 heterocycles. The van der Waals surface area contributed by atoms with Crippen molar-refractivity contribution in [2.45, 2.75) is 0 Å². The second-order valence-corrected chi connectivity index (χ2v) is 6.93. The van der Waals surface area contributed by atoms with Gasteiger partial charge in [-0.3, -0.25) is 9.59 Å². The molecule has 0 unspecified atom stereocenters. The largest absolute Gasteiger partial charge is 0.493 e. The first-order valence-corrected chi connectivity index (χ1v) is 10.7. The van der Waals surface area contributed by atoms with E-state index in [4.69, 9.17) is 28.4 Å². The van der Waals surface area contributed by atoms with E-state index in [0.29, 0.717) is 11.5 Å². The van der Waals surface area contributed by atoms with Gasteiger partial charge in [0.15, 0.2) is 36.2 Å². The van der Waals surface area contributed by atoms with Crippen molar-refractivity contribution >= 4 is 23.8 Å². The molecule has 2 aromatic rings. The Balaban J connectivity index is 1.71. The minimum atomic E-state index is -0.760. The molecule has 12 heteroatoms. The third-order valence-corrected chi connectivity index (χ3v) is 4.68. The molecule has 36 heavy (non-hydrogen) atoms. The number of amides is 2. The first-order valence-electron chi connectivity index (χ1n) is 10.7. The fraction of sp³-hybridized carbons (Fsp3) is 0.333. The lowest BCUT2D eigenvalue weighted by atomic mass is 10.2. The highest BCUT2D eigenvalue weighted by molar-refractivity contribution is 5.95. The number of rotatable bonds is 13. The highest BCUT2D eigenvalue weighted by Crippen LogP contribution is 2.32. The van der Waals surface area contributed by atoms with Crippen molar-refractivity contribution in [3.8, 4) is 23.0 Å². The van der Waals surface area contributed by atoms with Crippen LogP contribution in [0.25, 0.3) is 0 Å². The van der Waals surface area contributed by atoms with Gasteiger partial charge in [0.2, 0.25) is 0 Å². The predicted octanol–water partition coefficient (Wildman–Crippen LogP) is 0.967. The number of para-hydroxylation sites is 2. The molecule has 2 amide bonds. The summed E-state index contributed by atoms with van der Waals surface area (Å²) in [4.78, 5) is 48.4. The number of methoxy groups -OCH3 is 4. The average Bonchev–Trinajstić information content (AvgIpc) is 2.91. The summed E-state index contributed by atoms with van der Waals surface area (Å²) in [5.41, 5.74) is 0.219. The Hall–Kier alpha value is -4.48. The topological polar surface area (TPSA) is 148 Å². The molecule has 0 saturated heterocycles. The molecule has 2 N–H and O–H groups in total. The van der Waals surface area contributed by atoms with Crippen LogP contribution in [0.1, 0.15) is 20.7 Å². The van der Waals surface area contributed by atoms with E-state index in [1.54, 1.807) is 24.3 Å². The van der Waals surface area contributed by atoms with Crippen LogP contribution in [0.5, 0.6) is 23.0 Å². The number of carbonyl (C=O) groups is 4. The minimum absolute atomic E-state index is 0.0578. The van der Waals surface area contributed by atoms with Gasteiger partial charge in [-0.05, 0) is 24.3 Å². The summed E-state index contributed by atoms with van der Waals surface area (Å²) in [5.74, 6) is -1.59. The van der Waals surface area contributed by atoms with E-state index < -0.39 is 37.0 Å². The standard InChI is InChI=1S/C24H28N2O10/c1-31-17-9-5-7-15(21(17)33-3)23(29)35-13-19(27)25-11-12-26-20(28)14-36-24(30)16-8-6-10-18(32-2)22(16)34-4/h5-10H,11-14H2,1-4H3,(H,25,27)(H,26,28). The molecule has 0 atom stereocenters. The number of carbonyl (C=O) groups excluding carboxylic acids is 4. The van der Waals surface area contributed by atoms with Crippen molar-refractivity contribution in [2.24, 2.45) is 0 Å². The van der Waals surface area contributed by atoms with E-state index in [0.717, 1.165) is 0 Å². The zero-order valence-electron chi connectivity index (χ0n) is 20.4. The van der Waals surface area contributed by atoms with E-state index in [1.165, 1.54) is 40.6 Å². The van der Waals surface area contributed by atoms with Crippen LogP contribution >= 0.6 is 0 Å². The molecule has 0 aliphatic heterocycles. The number of hydrogen-bond donors (Lipinski definition) is 2. The summed E-state index contributed by atoms with van der Waals surface area (Å²) in [5, 5.41) is 4.98. The molecule has 0 aromatic heterocycles. The Labute approximate surface area is 207 Å². The number of hydrogen-bond acceptors (Lipinski definition) is 10. The molecule has 0 radical (unpaired) electrons. The van der Waals surface area contributed by atoms with Crippen LogP contribution in [0.2, 0.25) is 0 Å². The van der Waals surface area contributed by atoms with Gasteiger partial charge in [0.1, 0.15) is 11.1 Å². The van der Waals surface area contributed by atoms with Crippen LogP contribution in [-0.4, -0.2) is 78.5 Å². The van der Waals surface area contributed by atoms with Crippen molar-refractivity contribution in [3.05, 3.63) is 47.5 Å². The number of benzene rings is 2. The van der Waals surface area contributed by atoms with E-state index in [2.05, 4.69) is 10.6 Å². The lowest BCUT2D eigenvalue weighted by Crippen LogP contribution is -2.38. The quantitative estimate of drug-likeness (QED) is 0.299. The van der Waals surface area contributed by atoms with Crippen LogP contribution in [0.15, 0.2) is 36.4 Å². The summed E-state index contributed by atoms with van der Waals surface area (Å²) in [6.45, 7) is -0.954.